The number of hydrogen-bond acceptors (Lipinski definition) is 3. The van der Waals surface area contributed by atoms with Crippen LogP contribution in [0.15, 0.2) is 30.3 Å². The molecule has 0 bridgehead atoms. The fraction of sp³-hybridized carbons (Fsp3) is 0.562. The highest BCUT2D eigenvalue weighted by molar-refractivity contribution is 5.20. The molecule has 1 fully saturated rings. The summed E-state index contributed by atoms with van der Waals surface area (Å²) in [5.41, 5.74) is 1.12. The van der Waals surface area contributed by atoms with Gasteiger partial charge < -0.3 is 10.1 Å². The molecule has 2 unspecified atom stereocenters. The van der Waals surface area contributed by atoms with Crippen LogP contribution in [0.2, 0.25) is 0 Å². The van der Waals surface area contributed by atoms with Crippen LogP contribution in [0.4, 0.5) is 0 Å². The number of rotatable bonds is 4. The molecule has 0 spiro atoms. The lowest BCUT2D eigenvalue weighted by molar-refractivity contribution is -0.0641. The molecule has 3 heteroatoms. The molecule has 2 rings (SSSR count). The molecule has 1 heterocycles. The van der Waals surface area contributed by atoms with Crippen molar-refractivity contribution in [3.63, 3.8) is 0 Å². The number of nitriles is 1. The molecule has 3 nitrogen and oxygen atoms in total. The van der Waals surface area contributed by atoms with Gasteiger partial charge in [0.1, 0.15) is 0 Å². The van der Waals surface area contributed by atoms with Gasteiger partial charge in [0, 0.05) is 18.7 Å². The van der Waals surface area contributed by atoms with Gasteiger partial charge in [0.05, 0.1) is 18.1 Å². The maximum Gasteiger partial charge on any atom is 0.0641 e. The molecule has 1 aliphatic heterocycles. The van der Waals surface area contributed by atoms with Gasteiger partial charge in [-0.1, -0.05) is 30.3 Å². The highest BCUT2D eigenvalue weighted by atomic mass is 16.5. The zero-order valence-electron chi connectivity index (χ0n) is 11.7. The number of benzene rings is 1. The standard InChI is InChI=1S/C16H22N2O/c1-16(2)12-14(9-11-19-16)18-15(8-10-17)13-6-4-3-5-7-13/h3-7,14-15,18H,8-9,11-12H2,1-2H3. The van der Waals surface area contributed by atoms with Crippen molar-refractivity contribution in [1.82, 2.24) is 5.32 Å². The first kappa shape index (κ1) is 14.0. The maximum atomic E-state index is 9.02. The summed E-state index contributed by atoms with van der Waals surface area (Å²) in [5, 5.41) is 12.6. The lowest BCUT2D eigenvalue weighted by atomic mass is 9.92. The summed E-state index contributed by atoms with van der Waals surface area (Å²) >= 11 is 0. The quantitative estimate of drug-likeness (QED) is 0.902. The van der Waals surface area contributed by atoms with Crippen LogP contribution in [0, 0.1) is 11.3 Å². The van der Waals surface area contributed by atoms with E-state index in [0.717, 1.165) is 19.4 Å². The van der Waals surface area contributed by atoms with Crippen LogP contribution in [-0.2, 0) is 4.74 Å². The minimum absolute atomic E-state index is 0.0657. The predicted octanol–water partition coefficient (Wildman–Crippen LogP) is 3.19. The molecular formula is C16H22N2O. The Kier molecular flexibility index (Phi) is 4.57. The van der Waals surface area contributed by atoms with E-state index in [2.05, 4.69) is 37.4 Å². The van der Waals surface area contributed by atoms with Crippen molar-refractivity contribution in [3.8, 4) is 6.07 Å². The van der Waals surface area contributed by atoms with Gasteiger partial charge in [-0.15, -0.1) is 0 Å². The second-order valence-corrected chi connectivity index (χ2v) is 5.79. The predicted molar refractivity (Wildman–Crippen MR) is 75.6 cm³/mol. The van der Waals surface area contributed by atoms with Crippen molar-refractivity contribution in [3.05, 3.63) is 35.9 Å². The first-order chi connectivity index (χ1) is 9.11. The maximum absolute atomic E-state index is 9.02. The third kappa shape index (κ3) is 4.05. The Morgan fingerprint density at radius 3 is 2.79 bits per heavy atom. The fourth-order valence-electron chi connectivity index (χ4n) is 2.71. The Labute approximate surface area is 115 Å². The van der Waals surface area contributed by atoms with Gasteiger partial charge in [-0.2, -0.15) is 5.26 Å². The average Bonchev–Trinajstić information content (AvgIpc) is 2.38. The Morgan fingerprint density at radius 2 is 2.16 bits per heavy atom. The molecule has 0 radical (unpaired) electrons. The summed E-state index contributed by atoms with van der Waals surface area (Å²) in [6.45, 7) is 5.05. The summed E-state index contributed by atoms with van der Waals surface area (Å²) in [7, 11) is 0. The summed E-state index contributed by atoms with van der Waals surface area (Å²) in [6, 6.07) is 13.0. The first-order valence-electron chi connectivity index (χ1n) is 6.92. The van der Waals surface area contributed by atoms with Crippen molar-refractivity contribution in [2.45, 2.75) is 50.8 Å². The molecule has 1 aliphatic rings. The Balaban J connectivity index is 2.03. The third-order valence-corrected chi connectivity index (χ3v) is 3.63. The van der Waals surface area contributed by atoms with Crippen LogP contribution >= 0.6 is 0 Å². The van der Waals surface area contributed by atoms with Crippen LogP contribution in [0.25, 0.3) is 0 Å². The lowest BCUT2D eigenvalue weighted by Gasteiger charge is -2.37. The van der Waals surface area contributed by atoms with E-state index in [1.54, 1.807) is 0 Å². The zero-order valence-corrected chi connectivity index (χ0v) is 11.7. The van der Waals surface area contributed by atoms with Crippen LogP contribution in [-0.4, -0.2) is 18.2 Å². The molecular weight excluding hydrogens is 236 g/mol. The van der Waals surface area contributed by atoms with Gasteiger partial charge in [0.15, 0.2) is 0 Å². The topological polar surface area (TPSA) is 45.0 Å². The largest absolute Gasteiger partial charge is 0.375 e. The van der Waals surface area contributed by atoms with Crippen LogP contribution in [0.1, 0.15) is 44.7 Å². The van der Waals surface area contributed by atoms with E-state index in [4.69, 9.17) is 10.00 Å². The second kappa shape index (κ2) is 6.18. The Hall–Kier alpha value is -1.37. The van der Waals surface area contributed by atoms with Gasteiger partial charge in [0.25, 0.3) is 0 Å². The molecule has 102 valence electrons. The summed E-state index contributed by atoms with van der Waals surface area (Å²) < 4.78 is 5.74. The monoisotopic (exact) mass is 258 g/mol. The van der Waals surface area contributed by atoms with Crippen molar-refractivity contribution in [2.24, 2.45) is 0 Å². The number of ether oxygens (including phenoxy) is 1. The zero-order chi connectivity index (χ0) is 13.7. The van der Waals surface area contributed by atoms with E-state index < -0.39 is 0 Å². The third-order valence-electron chi connectivity index (χ3n) is 3.63. The molecule has 2 atom stereocenters. The molecule has 0 aliphatic carbocycles. The van der Waals surface area contributed by atoms with Crippen LogP contribution in [0.5, 0.6) is 0 Å². The second-order valence-electron chi connectivity index (χ2n) is 5.79. The highest BCUT2D eigenvalue weighted by Crippen LogP contribution is 2.26. The number of nitrogens with zero attached hydrogens (tertiary/aromatic N) is 1. The van der Waals surface area contributed by atoms with Crippen LogP contribution < -0.4 is 5.32 Å². The SMILES string of the molecule is CC1(C)CC(NC(CC#N)c2ccccc2)CCO1. The van der Waals surface area contributed by atoms with Gasteiger partial charge in [-0.3, -0.25) is 0 Å². The summed E-state index contributed by atoms with van der Waals surface area (Å²) in [4.78, 5) is 0. The molecule has 1 aromatic carbocycles. The average molecular weight is 258 g/mol. The van der Waals surface area contributed by atoms with E-state index >= 15 is 0 Å². The minimum Gasteiger partial charge on any atom is -0.375 e. The summed E-state index contributed by atoms with van der Waals surface area (Å²) in [5.74, 6) is 0. The van der Waals surface area contributed by atoms with Crippen LogP contribution in [0.3, 0.4) is 0 Å². The molecule has 1 N–H and O–H groups in total. The van der Waals surface area contributed by atoms with Gasteiger partial charge in [-0.05, 0) is 32.3 Å². The van der Waals surface area contributed by atoms with Gasteiger partial charge in [0.2, 0.25) is 0 Å². The molecule has 1 aromatic rings. The smallest absolute Gasteiger partial charge is 0.0641 e. The van der Waals surface area contributed by atoms with Gasteiger partial charge >= 0.3 is 0 Å². The number of nitrogens with one attached hydrogen (secondary N) is 1. The molecule has 0 saturated carbocycles. The van der Waals surface area contributed by atoms with E-state index in [1.165, 1.54) is 5.56 Å². The number of hydrogen-bond donors (Lipinski definition) is 1. The minimum atomic E-state index is -0.0657. The normalized spacial score (nSPS) is 23.5. The summed E-state index contributed by atoms with van der Waals surface area (Å²) in [6.07, 6.45) is 2.50. The lowest BCUT2D eigenvalue weighted by Crippen LogP contribution is -2.44. The Morgan fingerprint density at radius 1 is 1.42 bits per heavy atom. The van der Waals surface area contributed by atoms with E-state index in [1.807, 2.05) is 18.2 Å². The molecule has 1 saturated heterocycles. The van der Waals surface area contributed by atoms with E-state index in [9.17, 15) is 0 Å². The van der Waals surface area contributed by atoms with Crippen molar-refractivity contribution >= 4 is 0 Å². The fourth-order valence-corrected chi connectivity index (χ4v) is 2.71. The highest BCUT2D eigenvalue weighted by Gasteiger charge is 2.30. The van der Waals surface area contributed by atoms with E-state index in [-0.39, 0.29) is 11.6 Å². The Bertz CT molecular complexity index is 436. The van der Waals surface area contributed by atoms with Gasteiger partial charge in [-0.25, -0.2) is 0 Å². The molecule has 0 amide bonds. The van der Waals surface area contributed by atoms with Crippen molar-refractivity contribution < 1.29 is 4.74 Å². The van der Waals surface area contributed by atoms with E-state index in [0.29, 0.717) is 12.5 Å². The molecule has 0 aromatic heterocycles. The van der Waals surface area contributed by atoms with Crippen molar-refractivity contribution in [2.75, 3.05) is 6.61 Å². The molecule has 19 heavy (non-hydrogen) atoms. The first-order valence-corrected chi connectivity index (χ1v) is 6.92. The van der Waals surface area contributed by atoms with Crippen molar-refractivity contribution in [1.29, 1.82) is 5.26 Å².